The number of aryl methyl sites for hydroxylation is 1. The third-order valence-electron chi connectivity index (χ3n) is 4.81. The van der Waals surface area contributed by atoms with Gasteiger partial charge in [-0.25, -0.2) is 5.43 Å². The number of furan rings is 1. The maximum atomic E-state index is 12.3. The number of benzene rings is 2. The van der Waals surface area contributed by atoms with Crippen LogP contribution < -0.4 is 25.5 Å². The summed E-state index contributed by atoms with van der Waals surface area (Å²) in [6, 6.07) is 15.8. The second-order valence-electron chi connectivity index (χ2n) is 7.22. The number of anilines is 1. The number of hydrazone groups is 1. The zero-order valence-corrected chi connectivity index (χ0v) is 19.4. The molecular formula is C25H26N4O6. The molecule has 10 nitrogen and oxygen atoms in total. The summed E-state index contributed by atoms with van der Waals surface area (Å²) in [5, 5.41) is 9.04. The summed E-state index contributed by atoms with van der Waals surface area (Å²) in [4.78, 5) is 36.0. The molecule has 0 aliphatic heterocycles. The number of para-hydroxylation sites is 1. The number of amides is 3. The Morgan fingerprint density at radius 1 is 1.03 bits per heavy atom. The molecule has 0 radical (unpaired) electrons. The van der Waals surface area contributed by atoms with Crippen LogP contribution in [0.3, 0.4) is 0 Å². The molecule has 0 unspecified atom stereocenters. The zero-order valence-electron chi connectivity index (χ0n) is 19.4. The van der Waals surface area contributed by atoms with Crippen LogP contribution >= 0.6 is 0 Å². The highest BCUT2D eigenvalue weighted by atomic mass is 16.5. The first-order valence-electron chi connectivity index (χ1n) is 10.8. The third kappa shape index (κ3) is 7.46. The van der Waals surface area contributed by atoms with Gasteiger partial charge in [-0.3, -0.25) is 14.4 Å². The van der Waals surface area contributed by atoms with E-state index in [1.807, 2.05) is 31.2 Å². The number of rotatable bonds is 10. The molecule has 1 heterocycles. The lowest BCUT2D eigenvalue weighted by molar-refractivity contribution is -0.139. The molecule has 3 amide bonds. The van der Waals surface area contributed by atoms with E-state index in [0.29, 0.717) is 22.8 Å². The van der Waals surface area contributed by atoms with Crippen LogP contribution in [-0.2, 0) is 27.3 Å². The predicted molar refractivity (Wildman–Crippen MR) is 129 cm³/mol. The minimum absolute atomic E-state index is 0.0881. The Labute approximate surface area is 202 Å². The van der Waals surface area contributed by atoms with Gasteiger partial charge in [0.05, 0.1) is 26.1 Å². The standard InChI is InChI=1S/C25H26N4O6/c1-3-18-7-4-5-9-20(18)28-23(30)16-35-21-11-10-17(13-22(21)33-2)14-27-29-25(32)24(31)26-15-19-8-6-12-34-19/h4-14H,3,15-16H2,1-2H3,(H,26,31)(H,28,30)(H,29,32)/b27-14-. The lowest BCUT2D eigenvalue weighted by Gasteiger charge is -2.13. The fraction of sp³-hybridized carbons (Fsp3) is 0.200. The van der Waals surface area contributed by atoms with Gasteiger partial charge in [0.1, 0.15) is 5.76 Å². The Morgan fingerprint density at radius 3 is 2.60 bits per heavy atom. The zero-order chi connectivity index (χ0) is 25.0. The first-order chi connectivity index (χ1) is 17.0. The summed E-state index contributed by atoms with van der Waals surface area (Å²) in [5.74, 6) is -0.808. The Morgan fingerprint density at radius 2 is 1.86 bits per heavy atom. The van der Waals surface area contributed by atoms with Gasteiger partial charge in [-0.2, -0.15) is 5.10 Å². The Balaban J connectivity index is 1.50. The van der Waals surface area contributed by atoms with Crippen LogP contribution in [0.15, 0.2) is 70.4 Å². The van der Waals surface area contributed by atoms with E-state index in [1.54, 1.807) is 30.3 Å². The van der Waals surface area contributed by atoms with E-state index in [1.165, 1.54) is 19.6 Å². The topological polar surface area (TPSA) is 131 Å². The lowest BCUT2D eigenvalue weighted by atomic mass is 10.1. The number of nitrogens with one attached hydrogen (secondary N) is 3. The monoisotopic (exact) mass is 478 g/mol. The average molecular weight is 479 g/mol. The quantitative estimate of drug-likeness (QED) is 0.233. The van der Waals surface area contributed by atoms with Crippen molar-refractivity contribution in [3.8, 4) is 11.5 Å². The molecule has 10 heteroatoms. The van der Waals surface area contributed by atoms with Crippen LogP contribution in [0.2, 0.25) is 0 Å². The summed E-state index contributed by atoms with van der Waals surface area (Å²) >= 11 is 0. The van der Waals surface area contributed by atoms with E-state index >= 15 is 0 Å². The highest BCUT2D eigenvalue weighted by molar-refractivity contribution is 6.35. The number of ether oxygens (including phenoxy) is 2. The fourth-order valence-corrected chi connectivity index (χ4v) is 3.04. The minimum atomic E-state index is -0.921. The first-order valence-corrected chi connectivity index (χ1v) is 10.8. The van der Waals surface area contributed by atoms with E-state index in [2.05, 4.69) is 21.2 Å². The molecule has 0 atom stereocenters. The number of hydrogen-bond acceptors (Lipinski definition) is 7. The SMILES string of the molecule is CCc1ccccc1NC(=O)COc1ccc(/C=N\NC(=O)C(=O)NCc2ccco2)cc1OC. The van der Waals surface area contributed by atoms with Crippen LogP contribution in [0, 0.1) is 0 Å². The third-order valence-corrected chi connectivity index (χ3v) is 4.81. The number of nitrogens with zero attached hydrogens (tertiary/aromatic N) is 1. The van der Waals surface area contributed by atoms with E-state index in [-0.39, 0.29) is 19.1 Å². The van der Waals surface area contributed by atoms with E-state index in [0.717, 1.165) is 17.7 Å². The molecule has 0 saturated carbocycles. The highest BCUT2D eigenvalue weighted by Gasteiger charge is 2.13. The summed E-state index contributed by atoms with van der Waals surface area (Å²) in [6.45, 7) is 1.90. The van der Waals surface area contributed by atoms with Gasteiger partial charge < -0.3 is 24.5 Å². The molecule has 0 fully saturated rings. The van der Waals surface area contributed by atoms with Gasteiger partial charge in [0.25, 0.3) is 5.91 Å². The van der Waals surface area contributed by atoms with Crippen LogP contribution in [0.4, 0.5) is 5.69 Å². The van der Waals surface area contributed by atoms with Gasteiger partial charge >= 0.3 is 11.8 Å². The predicted octanol–water partition coefficient (Wildman–Crippen LogP) is 2.63. The summed E-state index contributed by atoms with van der Waals surface area (Å²) < 4.78 is 16.0. The van der Waals surface area contributed by atoms with Gasteiger partial charge in [0.2, 0.25) is 0 Å². The molecule has 0 aliphatic rings. The smallest absolute Gasteiger partial charge is 0.329 e. The summed E-state index contributed by atoms with van der Waals surface area (Å²) in [7, 11) is 1.46. The van der Waals surface area contributed by atoms with Crippen molar-refractivity contribution >= 4 is 29.6 Å². The number of hydrogen-bond donors (Lipinski definition) is 3. The minimum Gasteiger partial charge on any atom is -0.493 e. The lowest BCUT2D eigenvalue weighted by Crippen LogP contribution is -2.37. The molecule has 2 aromatic carbocycles. The molecule has 3 aromatic rings. The van der Waals surface area contributed by atoms with Crippen LogP contribution in [0.5, 0.6) is 11.5 Å². The van der Waals surface area contributed by atoms with Gasteiger partial charge in [0.15, 0.2) is 18.1 Å². The molecule has 1 aromatic heterocycles. The molecule has 0 saturated heterocycles. The molecule has 0 spiro atoms. The summed E-state index contributed by atoms with van der Waals surface area (Å²) in [5.41, 5.74) is 4.50. The molecule has 35 heavy (non-hydrogen) atoms. The Kier molecular flexibility index (Phi) is 9.00. The second-order valence-corrected chi connectivity index (χ2v) is 7.22. The summed E-state index contributed by atoms with van der Waals surface area (Å²) in [6.07, 6.45) is 3.61. The van der Waals surface area contributed by atoms with Gasteiger partial charge in [-0.15, -0.1) is 0 Å². The largest absolute Gasteiger partial charge is 0.493 e. The number of methoxy groups -OCH3 is 1. The molecular weight excluding hydrogens is 452 g/mol. The molecule has 0 bridgehead atoms. The highest BCUT2D eigenvalue weighted by Crippen LogP contribution is 2.27. The van der Waals surface area contributed by atoms with Crippen LogP contribution in [-0.4, -0.2) is 37.7 Å². The van der Waals surface area contributed by atoms with Crippen molar-refractivity contribution in [2.24, 2.45) is 5.10 Å². The van der Waals surface area contributed by atoms with Crippen molar-refractivity contribution in [2.45, 2.75) is 19.9 Å². The van der Waals surface area contributed by atoms with Crippen molar-refractivity contribution in [1.82, 2.24) is 10.7 Å². The van der Waals surface area contributed by atoms with Crippen molar-refractivity contribution in [3.05, 3.63) is 77.7 Å². The molecule has 0 aliphatic carbocycles. The van der Waals surface area contributed by atoms with Gasteiger partial charge in [0, 0.05) is 5.69 Å². The van der Waals surface area contributed by atoms with Crippen molar-refractivity contribution in [3.63, 3.8) is 0 Å². The van der Waals surface area contributed by atoms with Gasteiger partial charge in [-0.05, 0) is 53.9 Å². The van der Waals surface area contributed by atoms with Gasteiger partial charge in [-0.1, -0.05) is 25.1 Å². The van der Waals surface area contributed by atoms with Crippen LogP contribution in [0.1, 0.15) is 23.8 Å². The van der Waals surface area contributed by atoms with E-state index in [9.17, 15) is 14.4 Å². The van der Waals surface area contributed by atoms with E-state index in [4.69, 9.17) is 13.9 Å². The molecule has 3 N–H and O–H groups in total. The second kappa shape index (κ2) is 12.6. The Bertz CT molecular complexity index is 1190. The first kappa shape index (κ1) is 25.0. The maximum Gasteiger partial charge on any atom is 0.329 e. The Hall–Kier alpha value is -4.60. The van der Waals surface area contributed by atoms with Crippen molar-refractivity contribution < 1.29 is 28.3 Å². The molecule has 182 valence electrons. The van der Waals surface area contributed by atoms with Crippen molar-refractivity contribution in [2.75, 3.05) is 19.0 Å². The average Bonchev–Trinajstić information content (AvgIpc) is 3.40. The maximum absolute atomic E-state index is 12.3. The van der Waals surface area contributed by atoms with Crippen molar-refractivity contribution in [1.29, 1.82) is 0 Å². The normalized spacial score (nSPS) is 10.6. The van der Waals surface area contributed by atoms with E-state index < -0.39 is 11.8 Å². The molecule has 3 rings (SSSR count). The van der Waals surface area contributed by atoms with Crippen LogP contribution in [0.25, 0.3) is 0 Å². The number of carbonyl (C=O) groups is 3. The number of carbonyl (C=O) groups excluding carboxylic acids is 3. The fourth-order valence-electron chi connectivity index (χ4n) is 3.04.